The minimum atomic E-state index is -3.84. The van der Waals surface area contributed by atoms with Crippen molar-refractivity contribution in [1.82, 2.24) is 9.88 Å². The van der Waals surface area contributed by atoms with Gasteiger partial charge in [0.15, 0.2) is 5.76 Å². The third-order valence-electron chi connectivity index (χ3n) is 2.66. The van der Waals surface area contributed by atoms with E-state index < -0.39 is 14.9 Å². The maximum absolute atomic E-state index is 12.2. The van der Waals surface area contributed by atoms with Crippen LogP contribution >= 0.6 is 0 Å². The second-order valence-corrected chi connectivity index (χ2v) is 5.73. The lowest BCUT2D eigenvalue weighted by Gasteiger charge is -2.10. The Morgan fingerprint density at radius 1 is 1.38 bits per heavy atom. The molecule has 2 rings (SSSR count). The second-order valence-electron chi connectivity index (χ2n) is 3.99. The van der Waals surface area contributed by atoms with Crippen LogP contribution in [0.1, 0.15) is 5.76 Å². The van der Waals surface area contributed by atoms with Gasteiger partial charge in [-0.15, -0.1) is 0 Å². The van der Waals surface area contributed by atoms with Crippen LogP contribution in [0, 0.1) is 10.1 Å². The lowest BCUT2D eigenvalue weighted by atomic mass is 10.3. The molecule has 2 N–H and O–H groups in total. The maximum atomic E-state index is 12.2. The number of hydrogen-bond acceptors (Lipinski definition) is 7. The third-order valence-corrected chi connectivity index (χ3v) is 4.12. The van der Waals surface area contributed by atoms with Gasteiger partial charge >= 0.3 is 0 Å². The van der Waals surface area contributed by atoms with Crippen LogP contribution in [0.5, 0.6) is 0 Å². The van der Waals surface area contributed by atoms with Crippen LogP contribution in [-0.2, 0) is 16.6 Å². The van der Waals surface area contributed by atoms with Crippen molar-refractivity contribution in [2.75, 3.05) is 12.4 Å². The summed E-state index contributed by atoms with van der Waals surface area (Å²) in [5, 5.41) is 16.8. The summed E-state index contributed by atoms with van der Waals surface area (Å²) in [6, 6.07) is 4.98. The van der Waals surface area contributed by atoms with Crippen molar-refractivity contribution in [3.05, 3.63) is 46.3 Å². The Morgan fingerprint density at radius 3 is 2.71 bits per heavy atom. The van der Waals surface area contributed by atoms with Crippen LogP contribution in [0.25, 0.3) is 0 Å². The molecule has 10 heteroatoms. The van der Waals surface area contributed by atoms with Gasteiger partial charge in [-0.2, -0.15) is 0 Å². The molecular weight excluding hydrogens is 300 g/mol. The van der Waals surface area contributed by atoms with E-state index in [1.165, 1.54) is 25.4 Å². The Kier molecular flexibility index (Phi) is 4.19. The molecule has 2 aromatic rings. The van der Waals surface area contributed by atoms with E-state index in [9.17, 15) is 18.5 Å². The largest absolute Gasteiger partial charge is 0.387 e. The number of anilines is 1. The SMILES string of the molecule is CNc1cc([N+](=O)[O-])ccc1S(=O)(=O)NCc1ccno1. The lowest BCUT2D eigenvalue weighted by Crippen LogP contribution is -2.24. The Morgan fingerprint density at radius 2 is 2.14 bits per heavy atom. The van der Waals surface area contributed by atoms with Crippen molar-refractivity contribution in [3.63, 3.8) is 0 Å². The van der Waals surface area contributed by atoms with Gasteiger partial charge in [0.1, 0.15) is 4.90 Å². The first-order chi connectivity index (χ1) is 9.94. The molecule has 1 aromatic carbocycles. The van der Waals surface area contributed by atoms with Crippen molar-refractivity contribution >= 4 is 21.4 Å². The summed E-state index contributed by atoms with van der Waals surface area (Å²) in [6.45, 7) is -0.0670. The average molecular weight is 312 g/mol. The van der Waals surface area contributed by atoms with Crippen molar-refractivity contribution in [2.45, 2.75) is 11.4 Å². The fourth-order valence-electron chi connectivity index (χ4n) is 1.64. The number of rotatable bonds is 6. The standard InChI is InChI=1S/C11H12N4O5S/c1-12-10-6-8(15(16)17)2-3-11(10)21(18,19)14-7-9-4-5-13-20-9/h2-6,12,14H,7H2,1H3. The van der Waals surface area contributed by atoms with Gasteiger partial charge in [0.2, 0.25) is 10.0 Å². The smallest absolute Gasteiger partial charge is 0.271 e. The summed E-state index contributed by atoms with van der Waals surface area (Å²) < 4.78 is 31.5. The summed E-state index contributed by atoms with van der Waals surface area (Å²) in [5.41, 5.74) is -0.0668. The zero-order valence-corrected chi connectivity index (χ0v) is 11.8. The number of aromatic nitrogens is 1. The number of nitro benzene ring substituents is 1. The number of sulfonamides is 1. The van der Waals surface area contributed by atoms with Crippen molar-refractivity contribution in [2.24, 2.45) is 0 Å². The summed E-state index contributed by atoms with van der Waals surface area (Å²) in [5.74, 6) is 0.353. The van der Waals surface area contributed by atoms with Crippen LogP contribution in [0.4, 0.5) is 11.4 Å². The third kappa shape index (κ3) is 3.35. The Labute approximate surface area is 120 Å². The van der Waals surface area contributed by atoms with E-state index >= 15 is 0 Å². The molecule has 1 heterocycles. The molecule has 0 atom stereocenters. The van der Waals surface area contributed by atoms with Gasteiger partial charge in [0.25, 0.3) is 5.69 Å². The van der Waals surface area contributed by atoms with Gasteiger partial charge < -0.3 is 9.84 Å². The number of nitrogens with one attached hydrogen (secondary N) is 2. The van der Waals surface area contributed by atoms with E-state index in [0.717, 1.165) is 12.1 Å². The number of benzene rings is 1. The normalized spacial score (nSPS) is 11.3. The summed E-state index contributed by atoms with van der Waals surface area (Å²) in [6.07, 6.45) is 1.40. The van der Waals surface area contributed by atoms with E-state index in [0.29, 0.717) is 5.76 Å². The Balaban J connectivity index is 2.28. The molecule has 0 fully saturated rings. The van der Waals surface area contributed by atoms with Gasteiger partial charge in [-0.25, -0.2) is 13.1 Å². The monoisotopic (exact) mass is 312 g/mol. The first-order valence-electron chi connectivity index (χ1n) is 5.79. The number of hydrogen-bond donors (Lipinski definition) is 2. The van der Waals surface area contributed by atoms with Crippen LogP contribution in [0.2, 0.25) is 0 Å². The van der Waals surface area contributed by atoms with E-state index in [1.807, 2.05) is 0 Å². The van der Waals surface area contributed by atoms with Crippen molar-refractivity contribution in [3.8, 4) is 0 Å². The highest BCUT2D eigenvalue weighted by Gasteiger charge is 2.21. The summed E-state index contributed by atoms with van der Waals surface area (Å²) in [7, 11) is -2.36. The first-order valence-corrected chi connectivity index (χ1v) is 7.28. The van der Waals surface area contributed by atoms with Crippen LogP contribution < -0.4 is 10.0 Å². The van der Waals surface area contributed by atoms with Gasteiger partial charge in [-0.3, -0.25) is 10.1 Å². The quantitative estimate of drug-likeness (QED) is 0.604. The molecule has 0 saturated heterocycles. The lowest BCUT2D eigenvalue weighted by molar-refractivity contribution is -0.384. The average Bonchev–Trinajstić information content (AvgIpc) is 2.97. The second kappa shape index (κ2) is 5.89. The molecule has 0 spiro atoms. The first kappa shape index (κ1) is 14.9. The van der Waals surface area contributed by atoms with E-state index in [-0.39, 0.29) is 22.8 Å². The molecule has 0 aliphatic heterocycles. The topological polar surface area (TPSA) is 127 Å². The van der Waals surface area contributed by atoms with Crippen LogP contribution in [0.3, 0.4) is 0 Å². The van der Waals surface area contributed by atoms with Crippen LogP contribution in [-0.4, -0.2) is 25.5 Å². The maximum Gasteiger partial charge on any atom is 0.271 e. The predicted molar refractivity (Wildman–Crippen MR) is 73.2 cm³/mol. The molecule has 0 radical (unpaired) electrons. The Hall–Kier alpha value is -2.46. The highest BCUT2D eigenvalue weighted by atomic mass is 32.2. The molecule has 0 aliphatic rings. The molecule has 9 nitrogen and oxygen atoms in total. The van der Waals surface area contributed by atoms with Gasteiger partial charge in [-0.1, -0.05) is 5.16 Å². The van der Waals surface area contributed by atoms with Gasteiger partial charge in [0, 0.05) is 25.2 Å². The number of nitro groups is 1. The van der Waals surface area contributed by atoms with Crippen LogP contribution in [0.15, 0.2) is 39.9 Å². The minimum absolute atomic E-state index is 0.0670. The van der Waals surface area contributed by atoms with E-state index in [2.05, 4.69) is 15.2 Å². The zero-order chi connectivity index (χ0) is 15.5. The highest BCUT2D eigenvalue weighted by Crippen LogP contribution is 2.26. The minimum Gasteiger partial charge on any atom is -0.387 e. The highest BCUT2D eigenvalue weighted by molar-refractivity contribution is 7.89. The molecule has 112 valence electrons. The molecular formula is C11H12N4O5S. The van der Waals surface area contributed by atoms with E-state index in [1.54, 1.807) is 0 Å². The molecule has 0 amide bonds. The van der Waals surface area contributed by atoms with Gasteiger partial charge in [-0.05, 0) is 6.07 Å². The number of nitrogens with zero attached hydrogens (tertiary/aromatic N) is 2. The molecule has 0 aliphatic carbocycles. The summed E-state index contributed by atoms with van der Waals surface area (Å²) >= 11 is 0. The molecule has 1 aromatic heterocycles. The van der Waals surface area contributed by atoms with Crippen molar-refractivity contribution in [1.29, 1.82) is 0 Å². The fourth-order valence-corrected chi connectivity index (χ4v) is 2.82. The molecule has 0 unspecified atom stereocenters. The molecule has 0 saturated carbocycles. The summed E-state index contributed by atoms with van der Waals surface area (Å²) in [4.78, 5) is 10.0. The van der Waals surface area contributed by atoms with Gasteiger partial charge in [0.05, 0.1) is 23.4 Å². The number of non-ortho nitro benzene ring substituents is 1. The predicted octanol–water partition coefficient (Wildman–Crippen LogP) is 1.10. The van der Waals surface area contributed by atoms with Crippen molar-refractivity contribution < 1.29 is 17.9 Å². The molecule has 21 heavy (non-hydrogen) atoms. The Bertz CT molecular complexity index is 742. The molecule has 0 bridgehead atoms. The zero-order valence-electron chi connectivity index (χ0n) is 10.9. The van der Waals surface area contributed by atoms with E-state index in [4.69, 9.17) is 4.52 Å². The fraction of sp³-hybridized carbons (Fsp3) is 0.182.